The molecule has 100 valence electrons. The fourth-order valence-electron chi connectivity index (χ4n) is 2.00. The fraction of sp³-hybridized carbons (Fsp3) is 0.286. The van der Waals surface area contributed by atoms with E-state index in [1.54, 1.807) is 45.2 Å². The van der Waals surface area contributed by atoms with Crippen molar-refractivity contribution in [2.24, 2.45) is 0 Å². The van der Waals surface area contributed by atoms with Gasteiger partial charge in [-0.1, -0.05) is 23.7 Å². The average Bonchev–Trinajstić information content (AvgIpc) is 2.60. The van der Waals surface area contributed by atoms with Crippen molar-refractivity contribution in [3.63, 3.8) is 0 Å². The van der Waals surface area contributed by atoms with Crippen molar-refractivity contribution in [1.29, 1.82) is 0 Å². The van der Waals surface area contributed by atoms with Gasteiger partial charge in [-0.15, -0.1) is 0 Å². The van der Waals surface area contributed by atoms with E-state index in [4.69, 9.17) is 16.3 Å². The molecule has 2 rings (SSSR count). The number of imide groups is 1. The quantitative estimate of drug-likeness (QED) is 0.799. The van der Waals surface area contributed by atoms with E-state index in [1.807, 2.05) is 0 Å². The highest BCUT2D eigenvalue weighted by Gasteiger charge is 2.39. The molecule has 0 aliphatic carbocycles. The van der Waals surface area contributed by atoms with Crippen LogP contribution in [-0.2, 0) is 9.59 Å². The number of hydrogen-bond acceptors (Lipinski definition) is 3. The summed E-state index contributed by atoms with van der Waals surface area (Å²) >= 11 is 6.01. The second kappa shape index (κ2) is 5.05. The van der Waals surface area contributed by atoms with Crippen LogP contribution in [0.4, 0.5) is 0 Å². The lowest BCUT2D eigenvalue weighted by molar-refractivity contribution is -0.138. The predicted molar refractivity (Wildman–Crippen MR) is 72.8 cm³/mol. The molecule has 0 radical (unpaired) electrons. The number of carbonyl (C=O) groups is 2. The molecular formula is C14H14ClNO3. The van der Waals surface area contributed by atoms with Crippen molar-refractivity contribution < 1.29 is 14.3 Å². The van der Waals surface area contributed by atoms with Gasteiger partial charge in [-0.25, -0.2) is 0 Å². The van der Waals surface area contributed by atoms with Crippen LogP contribution in [0.3, 0.4) is 0 Å². The Bertz CT molecular complexity index is 561. The molecule has 1 aromatic rings. The maximum Gasteiger partial charge on any atom is 0.273 e. The molecule has 0 saturated heterocycles. The zero-order valence-electron chi connectivity index (χ0n) is 10.9. The lowest BCUT2D eigenvalue weighted by atomic mass is 10.1. The van der Waals surface area contributed by atoms with Crippen LogP contribution in [0.15, 0.2) is 29.3 Å². The molecule has 1 heterocycles. The van der Waals surface area contributed by atoms with Crippen LogP contribution in [-0.4, -0.2) is 29.9 Å². The van der Waals surface area contributed by atoms with E-state index < -0.39 is 5.91 Å². The first kappa shape index (κ1) is 13.6. The van der Waals surface area contributed by atoms with Crippen molar-refractivity contribution in [3.8, 4) is 5.75 Å². The zero-order chi connectivity index (χ0) is 14.2. The minimum atomic E-state index is -0.438. The molecular weight excluding hydrogens is 266 g/mol. The third-order valence-corrected chi connectivity index (χ3v) is 3.30. The Morgan fingerprint density at radius 1 is 1.11 bits per heavy atom. The molecule has 0 atom stereocenters. The maximum absolute atomic E-state index is 12.3. The lowest BCUT2D eigenvalue weighted by Crippen LogP contribution is -2.37. The van der Waals surface area contributed by atoms with Crippen molar-refractivity contribution in [3.05, 3.63) is 34.9 Å². The van der Waals surface area contributed by atoms with Gasteiger partial charge in [0.15, 0.2) is 0 Å². The van der Waals surface area contributed by atoms with Crippen LogP contribution in [0.2, 0.25) is 0 Å². The topological polar surface area (TPSA) is 46.6 Å². The van der Waals surface area contributed by atoms with Gasteiger partial charge in [0.1, 0.15) is 10.8 Å². The second-order valence-electron chi connectivity index (χ2n) is 4.49. The van der Waals surface area contributed by atoms with Crippen LogP contribution in [0.5, 0.6) is 5.75 Å². The molecule has 0 unspecified atom stereocenters. The Labute approximate surface area is 116 Å². The minimum Gasteiger partial charge on any atom is -0.497 e. The highest BCUT2D eigenvalue weighted by molar-refractivity contribution is 6.55. The van der Waals surface area contributed by atoms with Gasteiger partial charge >= 0.3 is 0 Å². The monoisotopic (exact) mass is 279 g/mol. The van der Waals surface area contributed by atoms with Gasteiger partial charge in [-0.2, -0.15) is 0 Å². The number of benzene rings is 1. The van der Waals surface area contributed by atoms with E-state index in [9.17, 15) is 9.59 Å². The average molecular weight is 280 g/mol. The van der Waals surface area contributed by atoms with Crippen LogP contribution < -0.4 is 4.74 Å². The summed E-state index contributed by atoms with van der Waals surface area (Å²) in [5, 5.41) is -0.0242. The molecule has 0 saturated carbocycles. The predicted octanol–water partition coefficient (Wildman–Crippen LogP) is 2.42. The molecule has 0 fully saturated rings. The molecule has 19 heavy (non-hydrogen) atoms. The molecule has 0 bridgehead atoms. The summed E-state index contributed by atoms with van der Waals surface area (Å²) in [7, 11) is 1.56. The van der Waals surface area contributed by atoms with Gasteiger partial charge in [0, 0.05) is 6.04 Å². The Kier molecular flexibility index (Phi) is 3.62. The van der Waals surface area contributed by atoms with E-state index in [-0.39, 0.29) is 22.6 Å². The molecule has 4 nitrogen and oxygen atoms in total. The SMILES string of the molecule is COc1ccc(C2=C(Cl)C(=O)N(C(C)C)C2=O)cc1. The fourth-order valence-corrected chi connectivity index (χ4v) is 2.28. The van der Waals surface area contributed by atoms with Crippen molar-refractivity contribution >= 4 is 29.0 Å². The third kappa shape index (κ3) is 2.24. The summed E-state index contributed by atoms with van der Waals surface area (Å²) in [5.74, 6) is -0.111. The molecule has 1 aromatic carbocycles. The van der Waals surface area contributed by atoms with E-state index in [0.717, 1.165) is 0 Å². The minimum absolute atomic E-state index is 0.0242. The maximum atomic E-state index is 12.3. The summed E-state index contributed by atoms with van der Waals surface area (Å²) in [6.45, 7) is 3.55. The summed E-state index contributed by atoms with van der Waals surface area (Å²) in [4.78, 5) is 25.4. The Morgan fingerprint density at radius 2 is 1.68 bits per heavy atom. The number of nitrogens with zero attached hydrogens (tertiary/aromatic N) is 1. The molecule has 2 amide bonds. The van der Waals surface area contributed by atoms with Crippen LogP contribution in [0.1, 0.15) is 19.4 Å². The smallest absolute Gasteiger partial charge is 0.273 e. The normalized spacial score (nSPS) is 15.7. The van der Waals surface area contributed by atoms with Gasteiger partial charge in [0.05, 0.1) is 12.7 Å². The Morgan fingerprint density at radius 3 is 2.11 bits per heavy atom. The number of methoxy groups -OCH3 is 1. The number of amides is 2. The number of ether oxygens (including phenoxy) is 1. The van der Waals surface area contributed by atoms with Gasteiger partial charge in [0.2, 0.25) is 0 Å². The van der Waals surface area contributed by atoms with Gasteiger partial charge < -0.3 is 4.74 Å². The van der Waals surface area contributed by atoms with Gasteiger partial charge in [0.25, 0.3) is 11.8 Å². The van der Waals surface area contributed by atoms with E-state index in [2.05, 4.69) is 0 Å². The van der Waals surface area contributed by atoms with Crippen LogP contribution in [0, 0.1) is 0 Å². The molecule has 0 aromatic heterocycles. The summed E-state index contributed by atoms with van der Waals surface area (Å²) in [6.07, 6.45) is 0. The number of halogens is 1. The van der Waals surface area contributed by atoms with Crippen LogP contribution >= 0.6 is 11.6 Å². The van der Waals surface area contributed by atoms with Gasteiger partial charge in [-0.3, -0.25) is 14.5 Å². The van der Waals surface area contributed by atoms with Crippen molar-refractivity contribution in [2.75, 3.05) is 7.11 Å². The van der Waals surface area contributed by atoms with Crippen molar-refractivity contribution in [2.45, 2.75) is 19.9 Å². The standard InChI is InChI=1S/C14H14ClNO3/c1-8(2)16-13(17)11(12(15)14(16)18)9-4-6-10(19-3)7-5-9/h4-8H,1-3H3. The lowest BCUT2D eigenvalue weighted by Gasteiger charge is -2.18. The second-order valence-corrected chi connectivity index (χ2v) is 4.87. The Hall–Kier alpha value is -1.81. The van der Waals surface area contributed by atoms with Crippen LogP contribution in [0.25, 0.3) is 5.57 Å². The summed E-state index contributed by atoms with van der Waals surface area (Å²) in [6, 6.07) is 6.66. The molecule has 1 aliphatic heterocycles. The summed E-state index contributed by atoms with van der Waals surface area (Å²) in [5.41, 5.74) is 0.871. The molecule has 5 heteroatoms. The highest BCUT2D eigenvalue weighted by atomic mass is 35.5. The van der Waals surface area contributed by atoms with E-state index in [0.29, 0.717) is 11.3 Å². The van der Waals surface area contributed by atoms with E-state index in [1.165, 1.54) is 4.90 Å². The number of rotatable bonds is 3. The van der Waals surface area contributed by atoms with Crippen molar-refractivity contribution in [1.82, 2.24) is 4.90 Å². The number of hydrogen-bond donors (Lipinski definition) is 0. The molecule has 1 aliphatic rings. The third-order valence-electron chi connectivity index (χ3n) is 2.95. The summed E-state index contributed by atoms with van der Waals surface area (Å²) < 4.78 is 5.05. The largest absolute Gasteiger partial charge is 0.497 e. The number of carbonyl (C=O) groups excluding carboxylic acids is 2. The first-order valence-electron chi connectivity index (χ1n) is 5.89. The Balaban J connectivity index is 2.43. The molecule has 0 N–H and O–H groups in total. The first-order valence-corrected chi connectivity index (χ1v) is 6.27. The highest BCUT2D eigenvalue weighted by Crippen LogP contribution is 2.33. The van der Waals surface area contributed by atoms with E-state index >= 15 is 0 Å². The van der Waals surface area contributed by atoms with Gasteiger partial charge in [-0.05, 0) is 31.5 Å². The first-order chi connectivity index (χ1) is 8.97. The molecule has 0 spiro atoms. The zero-order valence-corrected chi connectivity index (χ0v) is 11.7.